The quantitative estimate of drug-likeness (QED) is 0.552. The molecule has 3 heteroatoms. The Morgan fingerprint density at radius 2 is 2.07 bits per heavy atom. The van der Waals surface area contributed by atoms with Crippen LogP contribution in [0.3, 0.4) is 0 Å². The zero-order valence-corrected chi connectivity index (χ0v) is 8.68. The Morgan fingerprint density at radius 3 is 2.53 bits per heavy atom. The Balaban J connectivity index is 3.26. The molecule has 0 aliphatic heterocycles. The van der Waals surface area contributed by atoms with Crippen molar-refractivity contribution in [2.75, 3.05) is 0 Å². The van der Waals surface area contributed by atoms with Crippen LogP contribution in [0.5, 0.6) is 0 Å². The average molecular weight is 210 g/mol. The Bertz CT molecular complexity index is 385. The van der Waals surface area contributed by atoms with Crippen LogP contribution in [0.4, 0.5) is 8.78 Å². The van der Waals surface area contributed by atoms with Gasteiger partial charge in [0.15, 0.2) is 0 Å². The minimum Gasteiger partial charge on any atom is -0.298 e. The first kappa shape index (κ1) is 11.6. The summed E-state index contributed by atoms with van der Waals surface area (Å²) in [4.78, 5) is 10.6. The summed E-state index contributed by atoms with van der Waals surface area (Å²) < 4.78 is 26.1. The third-order valence-electron chi connectivity index (χ3n) is 2.19. The van der Waals surface area contributed by atoms with Gasteiger partial charge >= 0.3 is 0 Å². The van der Waals surface area contributed by atoms with Crippen LogP contribution in [0.15, 0.2) is 17.7 Å². The number of aryl methyl sites for hydroxylation is 1. The number of carbonyl (C=O) groups is 1. The van der Waals surface area contributed by atoms with Crippen LogP contribution in [-0.2, 0) is 4.79 Å². The number of carbonyl (C=O) groups excluding carboxylic acids is 1. The highest BCUT2D eigenvalue weighted by Crippen LogP contribution is 2.18. The van der Waals surface area contributed by atoms with Gasteiger partial charge in [-0.3, -0.25) is 4.79 Å². The third kappa shape index (κ3) is 2.72. The van der Waals surface area contributed by atoms with Crippen molar-refractivity contribution in [1.29, 1.82) is 0 Å². The van der Waals surface area contributed by atoms with Crippen LogP contribution in [0, 0.1) is 18.6 Å². The Morgan fingerprint density at radius 1 is 1.40 bits per heavy atom. The molecule has 0 aromatic heterocycles. The predicted molar refractivity (Wildman–Crippen MR) is 55.4 cm³/mol. The number of hydrogen-bond donors (Lipinski definition) is 0. The van der Waals surface area contributed by atoms with E-state index in [1.807, 2.05) is 0 Å². The predicted octanol–water partition coefficient (Wildman–Crippen LogP) is 3.27. The molecule has 1 aromatic carbocycles. The molecule has 1 nitrogen and oxygen atoms in total. The summed E-state index contributed by atoms with van der Waals surface area (Å²) in [6, 6.07) is 2.06. The summed E-state index contributed by atoms with van der Waals surface area (Å²) in [7, 11) is 0. The van der Waals surface area contributed by atoms with Crippen LogP contribution in [0.25, 0.3) is 6.08 Å². The maximum absolute atomic E-state index is 13.3. The molecule has 0 bridgehead atoms. The lowest BCUT2D eigenvalue weighted by Gasteiger charge is -2.03. The van der Waals surface area contributed by atoms with Crippen LogP contribution < -0.4 is 0 Å². The minimum atomic E-state index is -0.639. The molecule has 0 saturated heterocycles. The van der Waals surface area contributed by atoms with Crippen molar-refractivity contribution in [2.24, 2.45) is 0 Å². The largest absolute Gasteiger partial charge is 0.298 e. The van der Waals surface area contributed by atoms with E-state index in [4.69, 9.17) is 0 Å². The number of allylic oxidation sites excluding steroid dienone is 1. The van der Waals surface area contributed by atoms with E-state index in [1.165, 1.54) is 12.1 Å². The molecule has 1 rings (SSSR count). The van der Waals surface area contributed by atoms with Crippen LogP contribution in [-0.4, -0.2) is 6.29 Å². The van der Waals surface area contributed by atoms with E-state index >= 15 is 0 Å². The molecule has 0 fully saturated rings. The summed E-state index contributed by atoms with van der Waals surface area (Å²) in [6.45, 7) is 3.41. The summed E-state index contributed by atoms with van der Waals surface area (Å²) in [5.74, 6) is -1.24. The van der Waals surface area contributed by atoms with Crippen molar-refractivity contribution in [3.05, 3.63) is 40.5 Å². The molecule has 0 amide bonds. The van der Waals surface area contributed by atoms with E-state index in [-0.39, 0.29) is 5.56 Å². The van der Waals surface area contributed by atoms with Crippen molar-refractivity contribution < 1.29 is 13.6 Å². The molecule has 0 spiro atoms. The van der Waals surface area contributed by atoms with E-state index in [0.29, 0.717) is 23.8 Å². The number of hydrogen-bond acceptors (Lipinski definition) is 1. The zero-order chi connectivity index (χ0) is 11.4. The highest BCUT2D eigenvalue weighted by atomic mass is 19.1. The van der Waals surface area contributed by atoms with Gasteiger partial charge < -0.3 is 0 Å². The molecule has 15 heavy (non-hydrogen) atoms. The van der Waals surface area contributed by atoms with E-state index in [9.17, 15) is 13.6 Å². The maximum atomic E-state index is 13.3. The molecular weight excluding hydrogens is 198 g/mol. The van der Waals surface area contributed by atoms with Gasteiger partial charge in [0.1, 0.15) is 17.9 Å². The first-order valence-electron chi connectivity index (χ1n) is 4.70. The molecule has 80 valence electrons. The fourth-order valence-corrected chi connectivity index (χ4v) is 1.30. The second kappa shape index (κ2) is 4.82. The highest BCUT2D eigenvalue weighted by molar-refractivity contribution is 5.82. The van der Waals surface area contributed by atoms with Gasteiger partial charge in [0.25, 0.3) is 0 Å². The zero-order valence-electron chi connectivity index (χ0n) is 8.68. The molecule has 0 unspecified atom stereocenters. The molecular formula is C12H12F2O. The van der Waals surface area contributed by atoms with E-state index in [2.05, 4.69) is 0 Å². The standard InChI is InChI=1S/C12H12F2O/c1-3-9(7-15)5-11-8(2)4-10(13)6-12(11)14/h4-7H,3H2,1-2H3/b9-5+. The molecule has 0 atom stereocenters. The number of aldehydes is 1. The fraction of sp³-hybridized carbons (Fsp3) is 0.250. The fourth-order valence-electron chi connectivity index (χ4n) is 1.30. The van der Waals surface area contributed by atoms with Gasteiger partial charge in [-0.1, -0.05) is 6.92 Å². The highest BCUT2D eigenvalue weighted by Gasteiger charge is 2.06. The van der Waals surface area contributed by atoms with Crippen molar-refractivity contribution in [2.45, 2.75) is 20.3 Å². The van der Waals surface area contributed by atoms with Gasteiger partial charge in [-0.2, -0.15) is 0 Å². The van der Waals surface area contributed by atoms with Gasteiger partial charge in [0.2, 0.25) is 0 Å². The molecule has 0 radical (unpaired) electrons. The van der Waals surface area contributed by atoms with Crippen LogP contribution in [0.2, 0.25) is 0 Å². The SMILES string of the molecule is CC/C(C=O)=C\c1c(C)cc(F)cc1F. The van der Waals surface area contributed by atoms with Crippen molar-refractivity contribution in [1.82, 2.24) is 0 Å². The third-order valence-corrected chi connectivity index (χ3v) is 2.19. The number of halogens is 2. The topological polar surface area (TPSA) is 17.1 Å². The molecule has 0 N–H and O–H groups in total. The van der Waals surface area contributed by atoms with E-state index in [1.54, 1.807) is 13.8 Å². The smallest absolute Gasteiger partial charge is 0.146 e. The second-order valence-electron chi connectivity index (χ2n) is 3.31. The van der Waals surface area contributed by atoms with Gasteiger partial charge in [0, 0.05) is 11.6 Å². The maximum Gasteiger partial charge on any atom is 0.146 e. The normalized spacial score (nSPS) is 11.6. The number of benzene rings is 1. The summed E-state index contributed by atoms with van der Waals surface area (Å²) >= 11 is 0. The van der Waals surface area contributed by atoms with Crippen molar-refractivity contribution in [3.8, 4) is 0 Å². The van der Waals surface area contributed by atoms with E-state index in [0.717, 1.165) is 6.07 Å². The van der Waals surface area contributed by atoms with Crippen molar-refractivity contribution >= 4 is 12.4 Å². The second-order valence-corrected chi connectivity index (χ2v) is 3.31. The summed E-state index contributed by atoms with van der Waals surface area (Å²) in [5.41, 5.74) is 1.25. The lowest BCUT2D eigenvalue weighted by atomic mass is 10.0. The minimum absolute atomic E-state index is 0.278. The Labute approximate surface area is 87.4 Å². The van der Waals surface area contributed by atoms with Crippen LogP contribution >= 0.6 is 0 Å². The van der Waals surface area contributed by atoms with Gasteiger partial charge in [-0.25, -0.2) is 8.78 Å². The van der Waals surface area contributed by atoms with Crippen LogP contribution in [0.1, 0.15) is 24.5 Å². The Hall–Kier alpha value is -1.51. The lowest BCUT2D eigenvalue weighted by Crippen LogP contribution is -1.92. The molecule has 1 aromatic rings. The first-order valence-corrected chi connectivity index (χ1v) is 4.70. The molecule has 0 saturated carbocycles. The van der Waals surface area contributed by atoms with Gasteiger partial charge in [-0.05, 0) is 36.6 Å². The number of rotatable bonds is 3. The van der Waals surface area contributed by atoms with E-state index < -0.39 is 11.6 Å². The lowest BCUT2D eigenvalue weighted by molar-refractivity contribution is -0.104. The molecule has 0 aliphatic rings. The van der Waals surface area contributed by atoms with Gasteiger partial charge in [-0.15, -0.1) is 0 Å². The Kier molecular flexibility index (Phi) is 3.72. The molecule has 0 heterocycles. The molecule has 0 aliphatic carbocycles. The first-order chi connectivity index (χ1) is 7.08. The summed E-state index contributed by atoms with van der Waals surface area (Å²) in [6.07, 6.45) is 2.67. The monoisotopic (exact) mass is 210 g/mol. The summed E-state index contributed by atoms with van der Waals surface area (Å²) in [5, 5.41) is 0. The average Bonchev–Trinajstić information content (AvgIpc) is 2.17. The van der Waals surface area contributed by atoms with Gasteiger partial charge in [0.05, 0.1) is 0 Å². The van der Waals surface area contributed by atoms with Crippen molar-refractivity contribution in [3.63, 3.8) is 0 Å².